The smallest absolute Gasteiger partial charge is 0.407 e. The number of carbonyl (C=O) groups is 1. The standard InChI is InChI=1S/C25H33N3O7S/c1-16(2)10-20-12-22(8-9-28(20)25(29)30)35-24-17(3)23(26-15-27-24)34-21-6-4-18(5-7-21)11-19-13-32-36(31)33-14-19/h4-7,15-16,19-20,22H,8-14H2,1-3H3,(H,29,30)/t19?,20-,22-,36?/m1/s1. The molecule has 196 valence electrons. The highest BCUT2D eigenvalue weighted by atomic mass is 32.2. The minimum absolute atomic E-state index is 0.0773. The molecule has 0 radical (unpaired) electrons. The molecule has 11 heteroatoms. The van der Waals surface area contributed by atoms with Crippen LogP contribution in [0, 0.1) is 18.8 Å². The Balaban J connectivity index is 1.37. The fourth-order valence-electron chi connectivity index (χ4n) is 4.58. The van der Waals surface area contributed by atoms with Crippen LogP contribution in [0.1, 0.15) is 44.2 Å². The summed E-state index contributed by atoms with van der Waals surface area (Å²) in [5, 5.41) is 9.55. The predicted molar refractivity (Wildman–Crippen MR) is 132 cm³/mol. The number of ether oxygens (including phenoxy) is 2. The lowest BCUT2D eigenvalue weighted by Gasteiger charge is -2.38. The van der Waals surface area contributed by atoms with E-state index in [9.17, 15) is 14.1 Å². The van der Waals surface area contributed by atoms with Crippen LogP contribution in [0.15, 0.2) is 30.6 Å². The number of aromatic nitrogens is 2. The van der Waals surface area contributed by atoms with Gasteiger partial charge in [-0.3, -0.25) is 8.37 Å². The molecule has 2 atom stereocenters. The number of likely N-dealkylation sites (tertiary alicyclic amines) is 1. The van der Waals surface area contributed by atoms with Crippen LogP contribution < -0.4 is 9.47 Å². The van der Waals surface area contributed by atoms with Crippen LogP contribution >= 0.6 is 0 Å². The molecule has 2 aliphatic rings. The zero-order chi connectivity index (χ0) is 25.7. The first-order valence-electron chi connectivity index (χ1n) is 12.2. The Hall–Kier alpha value is -2.76. The Morgan fingerprint density at radius 3 is 2.56 bits per heavy atom. The summed E-state index contributed by atoms with van der Waals surface area (Å²) in [4.78, 5) is 21.8. The average molecular weight is 520 g/mol. The molecule has 0 bridgehead atoms. The SMILES string of the molecule is Cc1c(Oc2ccc(CC3COS(=O)OC3)cc2)ncnc1O[C@@H]1CCN(C(=O)O)[C@H](CC(C)C)C1. The van der Waals surface area contributed by atoms with Gasteiger partial charge in [0.2, 0.25) is 11.8 Å². The van der Waals surface area contributed by atoms with Gasteiger partial charge >= 0.3 is 17.5 Å². The van der Waals surface area contributed by atoms with E-state index in [1.165, 1.54) is 11.2 Å². The molecular formula is C25H33N3O7S. The minimum Gasteiger partial charge on any atom is -0.474 e. The van der Waals surface area contributed by atoms with Gasteiger partial charge in [-0.25, -0.2) is 14.8 Å². The summed E-state index contributed by atoms with van der Waals surface area (Å²) in [6.45, 7) is 7.29. The number of hydrogen-bond donors (Lipinski definition) is 1. The molecule has 2 saturated heterocycles. The van der Waals surface area contributed by atoms with Crippen molar-refractivity contribution < 1.29 is 31.9 Å². The van der Waals surface area contributed by atoms with E-state index in [0.717, 1.165) is 18.4 Å². The summed E-state index contributed by atoms with van der Waals surface area (Å²) in [6, 6.07) is 7.61. The van der Waals surface area contributed by atoms with Crippen molar-refractivity contribution in [2.75, 3.05) is 19.8 Å². The van der Waals surface area contributed by atoms with E-state index in [0.29, 0.717) is 61.6 Å². The largest absolute Gasteiger partial charge is 0.474 e. The van der Waals surface area contributed by atoms with Crippen LogP contribution in [0.25, 0.3) is 0 Å². The van der Waals surface area contributed by atoms with E-state index >= 15 is 0 Å². The predicted octanol–water partition coefficient (Wildman–Crippen LogP) is 4.30. The van der Waals surface area contributed by atoms with Gasteiger partial charge in [-0.05, 0) is 43.4 Å². The zero-order valence-corrected chi connectivity index (χ0v) is 21.6. The molecule has 10 nitrogen and oxygen atoms in total. The van der Waals surface area contributed by atoms with Crippen molar-refractivity contribution in [1.29, 1.82) is 0 Å². The molecule has 1 N–H and O–H groups in total. The first-order valence-corrected chi connectivity index (χ1v) is 13.2. The molecule has 0 aliphatic carbocycles. The highest BCUT2D eigenvalue weighted by molar-refractivity contribution is 7.75. The number of carboxylic acid groups (broad SMARTS) is 1. The molecule has 0 spiro atoms. The quantitative estimate of drug-likeness (QED) is 0.544. The monoisotopic (exact) mass is 519 g/mol. The van der Waals surface area contributed by atoms with Crippen LogP contribution in [-0.2, 0) is 26.1 Å². The topological polar surface area (TPSA) is 120 Å². The van der Waals surface area contributed by atoms with Crippen LogP contribution in [0.5, 0.6) is 17.5 Å². The maximum Gasteiger partial charge on any atom is 0.407 e. The second kappa shape index (κ2) is 12.0. The van der Waals surface area contributed by atoms with Crippen molar-refractivity contribution >= 4 is 17.5 Å². The molecule has 2 fully saturated rings. The Morgan fingerprint density at radius 1 is 1.19 bits per heavy atom. The van der Waals surface area contributed by atoms with Gasteiger partial charge in [-0.15, -0.1) is 0 Å². The van der Waals surface area contributed by atoms with Gasteiger partial charge in [0, 0.05) is 31.3 Å². The van der Waals surface area contributed by atoms with Crippen LogP contribution in [0.2, 0.25) is 0 Å². The van der Waals surface area contributed by atoms with E-state index in [2.05, 4.69) is 23.8 Å². The number of rotatable bonds is 8. The highest BCUT2D eigenvalue weighted by Crippen LogP contribution is 2.31. The first-order chi connectivity index (χ1) is 17.3. The highest BCUT2D eigenvalue weighted by Gasteiger charge is 2.33. The first kappa shape index (κ1) is 26.3. The van der Waals surface area contributed by atoms with Crippen molar-refractivity contribution in [3.05, 3.63) is 41.7 Å². The van der Waals surface area contributed by atoms with Crippen molar-refractivity contribution in [3.8, 4) is 17.5 Å². The van der Waals surface area contributed by atoms with Crippen LogP contribution in [0.4, 0.5) is 4.79 Å². The Labute approximate surface area is 213 Å². The molecule has 1 amide bonds. The minimum atomic E-state index is -1.63. The van der Waals surface area contributed by atoms with Crippen molar-refractivity contribution in [2.45, 2.75) is 58.6 Å². The Kier molecular flexibility index (Phi) is 8.76. The Morgan fingerprint density at radius 2 is 1.89 bits per heavy atom. The lowest BCUT2D eigenvalue weighted by atomic mass is 9.92. The van der Waals surface area contributed by atoms with Gasteiger partial charge < -0.3 is 19.5 Å². The van der Waals surface area contributed by atoms with Gasteiger partial charge in [0.15, 0.2) is 0 Å². The van der Waals surface area contributed by atoms with Crippen molar-refractivity contribution in [3.63, 3.8) is 0 Å². The summed E-state index contributed by atoms with van der Waals surface area (Å²) < 4.78 is 33.5. The number of piperidine rings is 1. The number of benzene rings is 1. The third-order valence-corrected chi connectivity index (χ3v) is 7.05. The van der Waals surface area contributed by atoms with Crippen LogP contribution in [-0.4, -0.2) is 62.2 Å². The Bertz CT molecular complexity index is 1060. The lowest BCUT2D eigenvalue weighted by Crippen LogP contribution is -2.48. The van der Waals surface area contributed by atoms with E-state index < -0.39 is 17.5 Å². The molecule has 0 unspecified atom stereocenters. The summed E-state index contributed by atoms with van der Waals surface area (Å²) >= 11 is -1.63. The molecule has 36 heavy (non-hydrogen) atoms. The molecule has 3 heterocycles. The van der Waals surface area contributed by atoms with E-state index in [4.69, 9.17) is 17.8 Å². The molecular weight excluding hydrogens is 486 g/mol. The normalized spacial score (nSPS) is 24.5. The van der Waals surface area contributed by atoms with E-state index in [-0.39, 0.29) is 18.1 Å². The number of hydrogen-bond acceptors (Lipinski definition) is 8. The number of nitrogens with zero attached hydrogens (tertiary/aromatic N) is 3. The molecule has 0 saturated carbocycles. The fraction of sp³-hybridized carbons (Fsp3) is 0.560. The maximum absolute atomic E-state index is 11.6. The zero-order valence-electron chi connectivity index (χ0n) is 20.8. The van der Waals surface area contributed by atoms with Gasteiger partial charge in [0.25, 0.3) is 0 Å². The molecule has 4 rings (SSSR count). The van der Waals surface area contributed by atoms with Gasteiger partial charge in [0.1, 0.15) is 18.2 Å². The van der Waals surface area contributed by atoms with Crippen molar-refractivity contribution in [1.82, 2.24) is 14.9 Å². The molecule has 1 aromatic carbocycles. The summed E-state index contributed by atoms with van der Waals surface area (Å²) in [5.74, 6) is 2.03. The second-order valence-corrected chi connectivity index (χ2v) is 10.6. The van der Waals surface area contributed by atoms with Gasteiger partial charge in [0.05, 0.1) is 18.8 Å². The van der Waals surface area contributed by atoms with Gasteiger partial charge in [-0.1, -0.05) is 26.0 Å². The number of amides is 1. The fourth-order valence-corrected chi connectivity index (χ4v) is 5.26. The second-order valence-electron chi connectivity index (χ2n) is 9.72. The summed E-state index contributed by atoms with van der Waals surface area (Å²) in [7, 11) is 0. The maximum atomic E-state index is 11.6. The summed E-state index contributed by atoms with van der Waals surface area (Å²) in [6.07, 6.45) is 3.18. The van der Waals surface area contributed by atoms with E-state index in [1.807, 2.05) is 31.2 Å². The van der Waals surface area contributed by atoms with Crippen molar-refractivity contribution in [2.24, 2.45) is 11.8 Å². The lowest BCUT2D eigenvalue weighted by molar-refractivity contribution is 0.0450. The molecule has 2 aliphatic heterocycles. The van der Waals surface area contributed by atoms with E-state index in [1.54, 1.807) is 0 Å². The van der Waals surface area contributed by atoms with Crippen LogP contribution in [0.3, 0.4) is 0 Å². The van der Waals surface area contributed by atoms with Gasteiger partial charge in [-0.2, -0.15) is 4.21 Å². The molecule has 2 aromatic rings. The third-order valence-electron chi connectivity index (χ3n) is 6.39. The average Bonchev–Trinajstić information content (AvgIpc) is 2.84. The third kappa shape index (κ3) is 6.92. The molecule has 1 aromatic heterocycles. The summed E-state index contributed by atoms with van der Waals surface area (Å²) in [5.41, 5.74) is 1.78.